The van der Waals surface area contributed by atoms with E-state index in [0.717, 1.165) is 0 Å². The molecule has 0 bridgehead atoms. The molecule has 1 aliphatic heterocycles. The second-order valence-corrected chi connectivity index (χ2v) is 3.51. The van der Waals surface area contributed by atoms with Gasteiger partial charge in [-0.05, 0) is 6.42 Å². The molecule has 1 saturated heterocycles. The Balaban J connectivity index is 0.0000001000. The zero-order valence-corrected chi connectivity index (χ0v) is 7.25. The molecule has 10 heavy (non-hydrogen) atoms. The Kier molecular flexibility index (Phi) is 4.59. The predicted octanol–water partition coefficient (Wildman–Crippen LogP) is 1.77. The van der Waals surface area contributed by atoms with Crippen molar-refractivity contribution in [2.45, 2.75) is 6.42 Å². The molecule has 0 atom stereocenters. The Bertz CT molecular complexity index is 113. The van der Waals surface area contributed by atoms with Crippen molar-refractivity contribution in [1.29, 1.82) is 0 Å². The SMILES string of the molecule is C1CNSC1.c1cscn1. The van der Waals surface area contributed by atoms with Crippen LogP contribution in [0.25, 0.3) is 0 Å². The molecule has 0 amide bonds. The fourth-order valence-corrected chi connectivity index (χ4v) is 1.61. The van der Waals surface area contributed by atoms with E-state index >= 15 is 0 Å². The highest BCUT2D eigenvalue weighted by molar-refractivity contribution is 7.97. The average molecular weight is 174 g/mol. The highest BCUT2D eigenvalue weighted by Crippen LogP contribution is 2.02. The summed E-state index contributed by atoms with van der Waals surface area (Å²) in [5.41, 5.74) is 1.79. The van der Waals surface area contributed by atoms with Crippen LogP contribution in [0, 0.1) is 0 Å². The van der Waals surface area contributed by atoms with E-state index in [9.17, 15) is 0 Å². The summed E-state index contributed by atoms with van der Waals surface area (Å²) in [6.07, 6.45) is 3.12. The van der Waals surface area contributed by atoms with Crippen molar-refractivity contribution in [1.82, 2.24) is 9.71 Å². The summed E-state index contributed by atoms with van der Waals surface area (Å²) in [6.45, 7) is 1.21. The molecule has 2 heterocycles. The Morgan fingerprint density at radius 2 is 2.50 bits per heavy atom. The average Bonchev–Trinajstić information content (AvgIpc) is 2.67. The van der Waals surface area contributed by atoms with Gasteiger partial charge in [0.2, 0.25) is 0 Å². The van der Waals surface area contributed by atoms with Gasteiger partial charge < -0.3 is 0 Å². The van der Waals surface area contributed by atoms with Crippen LogP contribution < -0.4 is 4.72 Å². The van der Waals surface area contributed by atoms with Crippen molar-refractivity contribution in [2.75, 3.05) is 12.3 Å². The van der Waals surface area contributed by atoms with Crippen molar-refractivity contribution in [3.63, 3.8) is 0 Å². The molecule has 1 aromatic rings. The Labute approximate surface area is 69.2 Å². The summed E-state index contributed by atoms with van der Waals surface area (Å²) < 4.78 is 3.14. The summed E-state index contributed by atoms with van der Waals surface area (Å²) >= 11 is 3.43. The molecule has 1 fully saturated rings. The van der Waals surface area contributed by atoms with Crippen LogP contribution in [0.4, 0.5) is 0 Å². The van der Waals surface area contributed by atoms with Gasteiger partial charge in [0.25, 0.3) is 0 Å². The van der Waals surface area contributed by atoms with Gasteiger partial charge in [0.15, 0.2) is 0 Å². The van der Waals surface area contributed by atoms with Gasteiger partial charge in [-0.15, -0.1) is 11.3 Å². The number of aromatic nitrogens is 1. The van der Waals surface area contributed by atoms with E-state index in [-0.39, 0.29) is 0 Å². The van der Waals surface area contributed by atoms with Crippen molar-refractivity contribution >= 4 is 23.3 Å². The normalized spacial score (nSPS) is 16.0. The smallest absolute Gasteiger partial charge is 0.0791 e. The number of nitrogens with zero attached hydrogens (tertiary/aromatic N) is 1. The van der Waals surface area contributed by atoms with Gasteiger partial charge in [0.1, 0.15) is 0 Å². The zero-order valence-electron chi connectivity index (χ0n) is 5.62. The Morgan fingerprint density at radius 3 is 2.70 bits per heavy atom. The number of rotatable bonds is 0. The summed E-state index contributed by atoms with van der Waals surface area (Å²) in [5, 5.41) is 1.93. The molecule has 0 aliphatic carbocycles. The number of thiazole rings is 1. The largest absolute Gasteiger partial charge is 0.264 e. The van der Waals surface area contributed by atoms with Crippen LogP contribution in [-0.4, -0.2) is 17.3 Å². The lowest BCUT2D eigenvalue weighted by Crippen LogP contribution is -1.91. The first-order valence-corrected chi connectivity index (χ1v) is 5.10. The molecule has 56 valence electrons. The standard InChI is InChI=1S/C3H3NS.C3H7NS/c1-2-5-3-4-1;1-2-4-5-3-1/h1-3H;4H,1-3H2. The predicted molar refractivity (Wildman–Crippen MR) is 47.2 cm³/mol. The maximum absolute atomic E-state index is 3.74. The van der Waals surface area contributed by atoms with Crippen molar-refractivity contribution < 1.29 is 0 Å². The van der Waals surface area contributed by atoms with Gasteiger partial charge in [-0.1, -0.05) is 11.9 Å². The van der Waals surface area contributed by atoms with Crippen LogP contribution >= 0.6 is 23.3 Å². The number of nitrogens with one attached hydrogen (secondary N) is 1. The van der Waals surface area contributed by atoms with Crippen LogP contribution in [0.5, 0.6) is 0 Å². The zero-order chi connectivity index (χ0) is 7.07. The molecule has 4 heteroatoms. The highest BCUT2D eigenvalue weighted by atomic mass is 32.2. The number of hydrogen-bond donors (Lipinski definition) is 1. The van der Waals surface area contributed by atoms with E-state index in [0.29, 0.717) is 0 Å². The third kappa shape index (κ3) is 3.87. The first-order chi connectivity index (χ1) is 5.00. The molecule has 0 unspecified atom stereocenters. The quantitative estimate of drug-likeness (QED) is 0.607. The summed E-state index contributed by atoms with van der Waals surface area (Å²) in [4.78, 5) is 3.74. The molecule has 1 N–H and O–H groups in total. The monoisotopic (exact) mass is 174 g/mol. The molecule has 2 rings (SSSR count). The van der Waals surface area contributed by atoms with Gasteiger partial charge in [-0.25, -0.2) is 0 Å². The fourth-order valence-electron chi connectivity index (χ4n) is 0.537. The summed E-state index contributed by atoms with van der Waals surface area (Å²) in [5.74, 6) is 1.31. The second kappa shape index (κ2) is 5.70. The van der Waals surface area contributed by atoms with Crippen LogP contribution in [0.2, 0.25) is 0 Å². The first kappa shape index (κ1) is 8.04. The van der Waals surface area contributed by atoms with E-state index < -0.39 is 0 Å². The molecule has 0 aromatic carbocycles. The van der Waals surface area contributed by atoms with E-state index in [4.69, 9.17) is 0 Å². The second-order valence-electron chi connectivity index (χ2n) is 1.77. The molecule has 2 nitrogen and oxygen atoms in total. The van der Waals surface area contributed by atoms with Crippen LogP contribution in [0.15, 0.2) is 17.1 Å². The van der Waals surface area contributed by atoms with Crippen LogP contribution in [0.3, 0.4) is 0 Å². The Morgan fingerprint density at radius 1 is 1.50 bits per heavy atom. The van der Waals surface area contributed by atoms with E-state index in [1.165, 1.54) is 18.7 Å². The minimum atomic E-state index is 1.21. The summed E-state index contributed by atoms with van der Waals surface area (Å²) in [6, 6.07) is 0. The lowest BCUT2D eigenvalue weighted by molar-refractivity contribution is 0.940. The molecular weight excluding hydrogens is 164 g/mol. The lowest BCUT2D eigenvalue weighted by atomic mass is 10.5. The van der Waals surface area contributed by atoms with Gasteiger partial charge in [-0.3, -0.25) is 9.71 Å². The molecule has 0 saturated carbocycles. The highest BCUT2D eigenvalue weighted by Gasteiger charge is 1.94. The third-order valence-electron chi connectivity index (χ3n) is 0.975. The summed E-state index contributed by atoms with van der Waals surface area (Å²) in [7, 11) is 0. The van der Waals surface area contributed by atoms with Crippen molar-refractivity contribution in [3.8, 4) is 0 Å². The van der Waals surface area contributed by atoms with Crippen LogP contribution in [0.1, 0.15) is 6.42 Å². The van der Waals surface area contributed by atoms with E-state index in [1.807, 2.05) is 17.3 Å². The van der Waals surface area contributed by atoms with E-state index in [2.05, 4.69) is 9.71 Å². The first-order valence-electron chi connectivity index (χ1n) is 3.17. The van der Waals surface area contributed by atoms with Gasteiger partial charge >= 0.3 is 0 Å². The molecule has 0 radical (unpaired) electrons. The minimum Gasteiger partial charge on any atom is -0.264 e. The van der Waals surface area contributed by atoms with E-state index in [1.54, 1.807) is 23.0 Å². The van der Waals surface area contributed by atoms with Crippen molar-refractivity contribution in [3.05, 3.63) is 17.1 Å². The number of hydrogen-bond acceptors (Lipinski definition) is 4. The third-order valence-corrected chi connectivity index (χ3v) is 2.40. The molecule has 0 spiro atoms. The van der Waals surface area contributed by atoms with Gasteiger partial charge in [0, 0.05) is 23.9 Å². The van der Waals surface area contributed by atoms with Crippen LogP contribution in [-0.2, 0) is 0 Å². The van der Waals surface area contributed by atoms with Gasteiger partial charge in [-0.2, -0.15) is 0 Å². The minimum absolute atomic E-state index is 1.21. The topological polar surface area (TPSA) is 24.9 Å². The lowest BCUT2D eigenvalue weighted by Gasteiger charge is -1.75. The molecule has 1 aromatic heterocycles. The fraction of sp³-hybridized carbons (Fsp3) is 0.500. The van der Waals surface area contributed by atoms with Gasteiger partial charge in [0.05, 0.1) is 5.51 Å². The van der Waals surface area contributed by atoms with Crippen molar-refractivity contribution in [2.24, 2.45) is 0 Å². The maximum Gasteiger partial charge on any atom is 0.0791 e. The Hall–Kier alpha value is -0.0600. The maximum atomic E-state index is 3.74. The molecule has 1 aliphatic rings. The molecular formula is C6H10N2S2.